The standard InChI is InChI=1S/C12H21N3O2/c1-2-4-12-14-11(15-17-12)8-16-10-6-3-5-9(10)7-13/h9-10H,2-8,13H2,1H3. The summed E-state index contributed by atoms with van der Waals surface area (Å²) < 4.78 is 10.9. The molecule has 0 amide bonds. The number of nitrogens with two attached hydrogens (primary N) is 1. The molecule has 2 atom stereocenters. The van der Waals surface area contributed by atoms with Crippen LogP contribution in [-0.4, -0.2) is 22.8 Å². The Balaban J connectivity index is 1.80. The van der Waals surface area contributed by atoms with E-state index in [1.165, 1.54) is 12.8 Å². The zero-order chi connectivity index (χ0) is 12.1. The van der Waals surface area contributed by atoms with E-state index >= 15 is 0 Å². The third-order valence-corrected chi connectivity index (χ3v) is 3.29. The first kappa shape index (κ1) is 12.5. The molecule has 0 radical (unpaired) electrons. The molecule has 0 bridgehead atoms. The molecule has 0 saturated heterocycles. The van der Waals surface area contributed by atoms with Crippen molar-refractivity contribution in [2.24, 2.45) is 11.7 Å². The third kappa shape index (κ3) is 3.26. The van der Waals surface area contributed by atoms with Gasteiger partial charge in [-0.15, -0.1) is 0 Å². The van der Waals surface area contributed by atoms with Crippen LogP contribution in [-0.2, 0) is 17.8 Å². The number of nitrogens with zero attached hydrogens (tertiary/aromatic N) is 2. The van der Waals surface area contributed by atoms with Crippen molar-refractivity contribution in [1.82, 2.24) is 10.1 Å². The average Bonchev–Trinajstić information content (AvgIpc) is 2.95. The minimum Gasteiger partial charge on any atom is -0.370 e. The maximum atomic E-state index is 5.82. The molecule has 1 saturated carbocycles. The van der Waals surface area contributed by atoms with Crippen LogP contribution < -0.4 is 5.73 Å². The summed E-state index contributed by atoms with van der Waals surface area (Å²) in [7, 11) is 0. The van der Waals surface area contributed by atoms with Gasteiger partial charge in [-0.2, -0.15) is 4.98 Å². The van der Waals surface area contributed by atoms with Crippen LogP contribution in [0.4, 0.5) is 0 Å². The Morgan fingerprint density at radius 1 is 1.47 bits per heavy atom. The number of aromatic nitrogens is 2. The van der Waals surface area contributed by atoms with Crippen molar-refractivity contribution in [2.45, 2.75) is 51.7 Å². The lowest BCUT2D eigenvalue weighted by atomic mass is 10.1. The monoisotopic (exact) mass is 239 g/mol. The van der Waals surface area contributed by atoms with Gasteiger partial charge >= 0.3 is 0 Å². The lowest BCUT2D eigenvalue weighted by molar-refractivity contribution is 0.0140. The molecule has 2 N–H and O–H groups in total. The third-order valence-electron chi connectivity index (χ3n) is 3.29. The SMILES string of the molecule is CCCc1nc(COC2CCCC2CN)no1. The topological polar surface area (TPSA) is 74.2 Å². The van der Waals surface area contributed by atoms with Crippen LogP contribution in [0.15, 0.2) is 4.52 Å². The van der Waals surface area contributed by atoms with Crippen molar-refractivity contribution >= 4 is 0 Å². The number of rotatable bonds is 6. The molecule has 1 aromatic rings. The molecule has 1 aliphatic rings. The molecule has 5 nitrogen and oxygen atoms in total. The Morgan fingerprint density at radius 2 is 2.35 bits per heavy atom. The van der Waals surface area contributed by atoms with Gasteiger partial charge in [0.05, 0.1) is 6.10 Å². The van der Waals surface area contributed by atoms with E-state index in [-0.39, 0.29) is 6.10 Å². The molecule has 1 heterocycles. The predicted molar refractivity (Wildman–Crippen MR) is 63.3 cm³/mol. The summed E-state index contributed by atoms with van der Waals surface area (Å²) in [5, 5.41) is 3.90. The van der Waals surface area contributed by atoms with Gasteiger partial charge in [0.2, 0.25) is 5.89 Å². The maximum Gasteiger partial charge on any atom is 0.226 e. The van der Waals surface area contributed by atoms with Gasteiger partial charge in [0.15, 0.2) is 5.82 Å². The summed E-state index contributed by atoms with van der Waals surface area (Å²) in [6, 6.07) is 0. The summed E-state index contributed by atoms with van der Waals surface area (Å²) >= 11 is 0. The quantitative estimate of drug-likeness (QED) is 0.817. The molecule has 2 rings (SSSR count). The van der Waals surface area contributed by atoms with Crippen molar-refractivity contribution in [1.29, 1.82) is 0 Å². The van der Waals surface area contributed by atoms with Crippen LogP contribution in [0.2, 0.25) is 0 Å². The average molecular weight is 239 g/mol. The molecule has 96 valence electrons. The maximum absolute atomic E-state index is 5.82. The number of aryl methyl sites for hydroxylation is 1. The van der Waals surface area contributed by atoms with Crippen LogP contribution >= 0.6 is 0 Å². The highest BCUT2D eigenvalue weighted by atomic mass is 16.5. The summed E-state index contributed by atoms with van der Waals surface area (Å²) in [5.41, 5.74) is 5.71. The van der Waals surface area contributed by atoms with E-state index < -0.39 is 0 Å². The Labute approximate surface area is 102 Å². The highest BCUT2D eigenvalue weighted by Crippen LogP contribution is 2.27. The van der Waals surface area contributed by atoms with Gasteiger partial charge in [0.25, 0.3) is 0 Å². The van der Waals surface area contributed by atoms with E-state index in [1.807, 2.05) is 0 Å². The zero-order valence-electron chi connectivity index (χ0n) is 10.4. The van der Waals surface area contributed by atoms with Crippen molar-refractivity contribution in [3.05, 3.63) is 11.7 Å². The summed E-state index contributed by atoms with van der Waals surface area (Å²) in [6.45, 7) is 3.23. The predicted octanol–water partition coefficient (Wildman–Crippen LogP) is 1.67. The Hall–Kier alpha value is -0.940. The van der Waals surface area contributed by atoms with E-state index in [2.05, 4.69) is 17.1 Å². The van der Waals surface area contributed by atoms with E-state index in [9.17, 15) is 0 Å². The second-order valence-electron chi connectivity index (χ2n) is 4.63. The first-order valence-electron chi connectivity index (χ1n) is 6.46. The second kappa shape index (κ2) is 6.12. The van der Waals surface area contributed by atoms with Gasteiger partial charge in [-0.1, -0.05) is 18.5 Å². The largest absolute Gasteiger partial charge is 0.370 e. The molecular weight excluding hydrogens is 218 g/mol. The summed E-state index contributed by atoms with van der Waals surface area (Å²) in [5.74, 6) is 1.85. The zero-order valence-corrected chi connectivity index (χ0v) is 10.4. The van der Waals surface area contributed by atoms with E-state index in [0.29, 0.717) is 30.8 Å². The number of ether oxygens (including phenoxy) is 1. The minimum atomic E-state index is 0.271. The first-order chi connectivity index (χ1) is 8.33. The Bertz CT molecular complexity index is 340. The molecule has 0 aromatic carbocycles. The van der Waals surface area contributed by atoms with Crippen LogP contribution in [0.5, 0.6) is 0 Å². The fraction of sp³-hybridized carbons (Fsp3) is 0.833. The fourth-order valence-electron chi connectivity index (χ4n) is 2.34. The van der Waals surface area contributed by atoms with Crippen molar-refractivity contribution in [3.63, 3.8) is 0 Å². The normalized spacial score (nSPS) is 24.4. The molecule has 17 heavy (non-hydrogen) atoms. The summed E-state index contributed by atoms with van der Waals surface area (Å²) in [4.78, 5) is 4.28. The molecule has 0 spiro atoms. The molecular formula is C12H21N3O2. The highest BCUT2D eigenvalue weighted by Gasteiger charge is 2.27. The smallest absolute Gasteiger partial charge is 0.226 e. The van der Waals surface area contributed by atoms with Gasteiger partial charge in [-0.25, -0.2) is 0 Å². The number of hydrogen-bond acceptors (Lipinski definition) is 5. The van der Waals surface area contributed by atoms with Gasteiger partial charge in [-0.3, -0.25) is 0 Å². The second-order valence-corrected chi connectivity index (χ2v) is 4.63. The van der Waals surface area contributed by atoms with E-state index in [4.69, 9.17) is 15.0 Å². The van der Waals surface area contributed by atoms with Crippen molar-refractivity contribution in [2.75, 3.05) is 6.54 Å². The van der Waals surface area contributed by atoms with Crippen molar-refractivity contribution < 1.29 is 9.26 Å². The van der Waals surface area contributed by atoms with Crippen LogP contribution in [0.25, 0.3) is 0 Å². The fourth-order valence-corrected chi connectivity index (χ4v) is 2.34. The molecule has 1 aliphatic carbocycles. The van der Waals surface area contributed by atoms with Gasteiger partial charge in [0, 0.05) is 6.42 Å². The molecule has 2 unspecified atom stereocenters. The minimum absolute atomic E-state index is 0.271. The van der Waals surface area contributed by atoms with E-state index in [1.54, 1.807) is 0 Å². The molecule has 5 heteroatoms. The van der Waals surface area contributed by atoms with Crippen molar-refractivity contribution in [3.8, 4) is 0 Å². The van der Waals surface area contributed by atoms with Crippen LogP contribution in [0.3, 0.4) is 0 Å². The Morgan fingerprint density at radius 3 is 3.12 bits per heavy atom. The lowest BCUT2D eigenvalue weighted by Gasteiger charge is -2.17. The van der Waals surface area contributed by atoms with Crippen LogP contribution in [0.1, 0.15) is 44.3 Å². The van der Waals surface area contributed by atoms with Gasteiger partial charge < -0.3 is 15.0 Å². The molecule has 1 fully saturated rings. The van der Waals surface area contributed by atoms with Crippen LogP contribution in [0, 0.1) is 5.92 Å². The van der Waals surface area contributed by atoms with Gasteiger partial charge in [0.1, 0.15) is 6.61 Å². The number of hydrogen-bond donors (Lipinski definition) is 1. The molecule has 1 aromatic heterocycles. The Kier molecular flexibility index (Phi) is 4.50. The lowest BCUT2D eigenvalue weighted by Crippen LogP contribution is -2.25. The molecule has 0 aliphatic heterocycles. The first-order valence-corrected chi connectivity index (χ1v) is 6.46. The summed E-state index contributed by atoms with van der Waals surface area (Å²) in [6.07, 6.45) is 5.60. The van der Waals surface area contributed by atoms with Gasteiger partial charge in [-0.05, 0) is 31.7 Å². The van der Waals surface area contributed by atoms with E-state index in [0.717, 1.165) is 19.3 Å². The highest BCUT2D eigenvalue weighted by molar-refractivity contribution is 4.85.